The van der Waals surface area contributed by atoms with Gasteiger partial charge in [-0.3, -0.25) is 11.3 Å². The van der Waals surface area contributed by atoms with Crippen molar-refractivity contribution < 1.29 is 8.42 Å². The predicted octanol–water partition coefficient (Wildman–Crippen LogP) is 1.46. The van der Waals surface area contributed by atoms with Crippen molar-refractivity contribution >= 4 is 10.0 Å². The number of rotatable bonds is 6. The van der Waals surface area contributed by atoms with Crippen LogP contribution in [0.5, 0.6) is 0 Å². The van der Waals surface area contributed by atoms with E-state index in [1.54, 1.807) is 4.31 Å². The second-order valence-corrected chi connectivity index (χ2v) is 8.60. The maximum atomic E-state index is 11.7. The molecule has 6 heteroatoms. The molecule has 2 unspecified atom stereocenters. The number of piperidine rings is 1. The maximum absolute atomic E-state index is 11.7. The SMILES string of the molecule is CS(=O)(=O)N1CCCC(CC(CC2CCCC2)NN)C1. The van der Waals surface area contributed by atoms with Crippen molar-refractivity contribution in [2.45, 2.75) is 57.4 Å². The maximum Gasteiger partial charge on any atom is 0.211 e. The Kier molecular flexibility index (Phi) is 5.84. The standard InChI is InChI=1S/C14H29N3O2S/c1-20(18,19)17-8-4-7-13(11-17)10-14(16-15)9-12-5-2-3-6-12/h12-14,16H,2-11,15H2,1H3. The number of sulfonamides is 1. The molecule has 0 aromatic heterocycles. The van der Waals surface area contributed by atoms with E-state index in [1.165, 1.54) is 31.9 Å². The van der Waals surface area contributed by atoms with Gasteiger partial charge in [0.15, 0.2) is 0 Å². The van der Waals surface area contributed by atoms with Gasteiger partial charge in [0.2, 0.25) is 10.0 Å². The molecule has 2 fully saturated rings. The van der Waals surface area contributed by atoms with Crippen LogP contribution in [0.15, 0.2) is 0 Å². The van der Waals surface area contributed by atoms with E-state index in [1.807, 2.05) is 0 Å². The molecule has 1 saturated carbocycles. The molecule has 2 rings (SSSR count). The molecule has 5 nitrogen and oxygen atoms in total. The lowest BCUT2D eigenvalue weighted by Crippen LogP contribution is -2.43. The van der Waals surface area contributed by atoms with E-state index in [9.17, 15) is 8.42 Å². The highest BCUT2D eigenvalue weighted by molar-refractivity contribution is 7.88. The highest BCUT2D eigenvalue weighted by atomic mass is 32.2. The Hall–Kier alpha value is -0.170. The van der Waals surface area contributed by atoms with Crippen molar-refractivity contribution in [3.8, 4) is 0 Å². The van der Waals surface area contributed by atoms with Crippen LogP contribution in [0.2, 0.25) is 0 Å². The molecule has 1 heterocycles. The number of hydrazine groups is 1. The molecule has 2 atom stereocenters. The second-order valence-electron chi connectivity index (χ2n) is 6.61. The quantitative estimate of drug-likeness (QED) is 0.575. The molecule has 0 amide bonds. The molecule has 118 valence electrons. The zero-order valence-electron chi connectivity index (χ0n) is 12.6. The highest BCUT2D eigenvalue weighted by Crippen LogP contribution is 2.31. The minimum absolute atomic E-state index is 0.336. The first-order valence-corrected chi connectivity index (χ1v) is 9.75. The third-order valence-corrected chi connectivity index (χ3v) is 6.17. The van der Waals surface area contributed by atoms with Gasteiger partial charge in [-0.15, -0.1) is 0 Å². The van der Waals surface area contributed by atoms with Gasteiger partial charge in [-0.1, -0.05) is 25.7 Å². The lowest BCUT2D eigenvalue weighted by molar-refractivity contribution is 0.226. The van der Waals surface area contributed by atoms with Crippen molar-refractivity contribution in [2.24, 2.45) is 17.7 Å². The largest absolute Gasteiger partial charge is 0.271 e. The molecule has 0 bridgehead atoms. The Morgan fingerprint density at radius 1 is 1.15 bits per heavy atom. The minimum atomic E-state index is -3.04. The molecule has 1 aliphatic heterocycles. The lowest BCUT2D eigenvalue weighted by Gasteiger charge is -2.33. The molecule has 1 saturated heterocycles. The number of hydrogen-bond donors (Lipinski definition) is 2. The first kappa shape index (κ1) is 16.2. The van der Waals surface area contributed by atoms with Crippen molar-refractivity contribution in [2.75, 3.05) is 19.3 Å². The zero-order valence-corrected chi connectivity index (χ0v) is 13.4. The molecule has 0 aromatic rings. The first-order chi connectivity index (χ1) is 9.49. The summed E-state index contributed by atoms with van der Waals surface area (Å²) in [5.41, 5.74) is 2.96. The topological polar surface area (TPSA) is 75.4 Å². The van der Waals surface area contributed by atoms with Gasteiger partial charge in [0.25, 0.3) is 0 Å². The molecule has 0 aromatic carbocycles. The smallest absolute Gasteiger partial charge is 0.211 e. The van der Waals surface area contributed by atoms with Gasteiger partial charge < -0.3 is 0 Å². The molecule has 0 spiro atoms. The van der Waals surface area contributed by atoms with Crippen LogP contribution in [0.3, 0.4) is 0 Å². The summed E-state index contributed by atoms with van der Waals surface area (Å²) in [5.74, 6) is 6.96. The van der Waals surface area contributed by atoms with Gasteiger partial charge in [0.1, 0.15) is 0 Å². The average Bonchev–Trinajstić information content (AvgIpc) is 2.90. The minimum Gasteiger partial charge on any atom is -0.271 e. The Morgan fingerprint density at radius 2 is 1.75 bits per heavy atom. The summed E-state index contributed by atoms with van der Waals surface area (Å²) >= 11 is 0. The van der Waals surface area contributed by atoms with Crippen LogP contribution >= 0.6 is 0 Å². The van der Waals surface area contributed by atoms with E-state index in [-0.39, 0.29) is 0 Å². The summed E-state index contributed by atoms with van der Waals surface area (Å²) in [4.78, 5) is 0. The highest BCUT2D eigenvalue weighted by Gasteiger charge is 2.28. The Balaban J connectivity index is 1.83. The number of nitrogens with zero attached hydrogens (tertiary/aromatic N) is 1. The fraction of sp³-hybridized carbons (Fsp3) is 1.00. The lowest BCUT2D eigenvalue weighted by atomic mass is 9.88. The first-order valence-electron chi connectivity index (χ1n) is 7.90. The van der Waals surface area contributed by atoms with Gasteiger partial charge in [0.05, 0.1) is 6.26 Å². The number of nitrogens with two attached hydrogens (primary N) is 1. The van der Waals surface area contributed by atoms with Gasteiger partial charge >= 0.3 is 0 Å². The van der Waals surface area contributed by atoms with Crippen molar-refractivity contribution in [1.29, 1.82) is 0 Å². The molecule has 0 radical (unpaired) electrons. The summed E-state index contributed by atoms with van der Waals surface area (Å²) in [6.07, 6.45) is 10.9. The molecule has 2 aliphatic rings. The van der Waals surface area contributed by atoms with E-state index in [0.29, 0.717) is 25.0 Å². The third kappa shape index (κ3) is 4.69. The number of hydrogen-bond acceptors (Lipinski definition) is 4. The second kappa shape index (κ2) is 7.20. The van der Waals surface area contributed by atoms with Crippen LogP contribution in [0.25, 0.3) is 0 Å². The van der Waals surface area contributed by atoms with Crippen molar-refractivity contribution in [3.05, 3.63) is 0 Å². The van der Waals surface area contributed by atoms with Crippen LogP contribution in [0.4, 0.5) is 0 Å². The number of nitrogens with one attached hydrogen (secondary N) is 1. The van der Waals surface area contributed by atoms with Crippen LogP contribution in [-0.2, 0) is 10.0 Å². The normalized spacial score (nSPS) is 27.8. The zero-order chi connectivity index (χ0) is 14.6. The molecular weight excluding hydrogens is 274 g/mol. The van der Waals surface area contributed by atoms with E-state index < -0.39 is 10.0 Å². The molecular formula is C14H29N3O2S. The predicted molar refractivity (Wildman–Crippen MR) is 81.4 cm³/mol. The monoisotopic (exact) mass is 303 g/mol. The molecule has 20 heavy (non-hydrogen) atoms. The van der Waals surface area contributed by atoms with E-state index >= 15 is 0 Å². The fourth-order valence-electron chi connectivity index (χ4n) is 3.80. The summed E-state index contributed by atoms with van der Waals surface area (Å²) in [7, 11) is -3.04. The molecule has 3 N–H and O–H groups in total. The van der Waals surface area contributed by atoms with Crippen LogP contribution in [0, 0.1) is 11.8 Å². The Morgan fingerprint density at radius 3 is 2.35 bits per heavy atom. The molecule has 1 aliphatic carbocycles. The van der Waals surface area contributed by atoms with Crippen LogP contribution in [0.1, 0.15) is 51.4 Å². The van der Waals surface area contributed by atoms with Gasteiger partial charge in [-0.2, -0.15) is 0 Å². The summed E-state index contributed by atoms with van der Waals surface area (Å²) in [6.45, 7) is 1.35. The Bertz CT molecular complexity index is 393. The summed E-state index contributed by atoms with van der Waals surface area (Å²) < 4.78 is 24.9. The fourth-order valence-corrected chi connectivity index (χ4v) is 4.75. The van der Waals surface area contributed by atoms with Crippen LogP contribution < -0.4 is 11.3 Å². The third-order valence-electron chi connectivity index (χ3n) is 4.90. The van der Waals surface area contributed by atoms with Crippen LogP contribution in [-0.4, -0.2) is 38.1 Å². The van der Waals surface area contributed by atoms with Crippen molar-refractivity contribution in [1.82, 2.24) is 9.73 Å². The van der Waals surface area contributed by atoms with Crippen molar-refractivity contribution in [3.63, 3.8) is 0 Å². The van der Waals surface area contributed by atoms with E-state index in [4.69, 9.17) is 5.84 Å². The van der Waals surface area contributed by atoms with Gasteiger partial charge in [0, 0.05) is 19.1 Å². The Labute approximate surface area is 123 Å². The summed E-state index contributed by atoms with van der Waals surface area (Å²) in [6, 6.07) is 0.336. The van der Waals surface area contributed by atoms with E-state index in [0.717, 1.165) is 31.6 Å². The summed E-state index contributed by atoms with van der Waals surface area (Å²) in [5, 5.41) is 0. The van der Waals surface area contributed by atoms with Gasteiger partial charge in [-0.05, 0) is 37.5 Å². The van der Waals surface area contributed by atoms with E-state index in [2.05, 4.69) is 5.43 Å². The average molecular weight is 303 g/mol. The van der Waals surface area contributed by atoms with Gasteiger partial charge in [-0.25, -0.2) is 12.7 Å².